The van der Waals surface area contributed by atoms with Crippen LogP contribution in [0.15, 0.2) is 18.2 Å². The molecule has 1 aliphatic carbocycles. The Bertz CT molecular complexity index is 434. The van der Waals surface area contributed by atoms with E-state index in [1.807, 2.05) is 19.1 Å². The van der Waals surface area contributed by atoms with Gasteiger partial charge in [0.1, 0.15) is 5.78 Å². The third-order valence-electron chi connectivity index (χ3n) is 2.96. The Labute approximate surface area is 104 Å². The monoisotopic (exact) mass is 258 g/mol. The number of carbonyl (C=O) groups excluding carboxylic acids is 1. The minimum atomic E-state index is -1.44. The molecule has 1 aromatic rings. The highest BCUT2D eigenvalue weighted by Gasteiger charge is 2.66. The van der Waals surface area contributed by atoms with Crippen molar-refractivity contribution < 1.29 is 9.90 Å². The molecule has 86 valence electrons. The first kappa shape index (κ1) is 11.9. The lowest BCUT2D eigenvalue weighted by Crippen LogP contribution is -2.05. The second-order valence-electron chi connectivity index (χ2n) is 4.36. The molecule has 4 heteroatoms. The molecule has 0 aromatic heterocycles. The largest absolute Gasteiger partial charge is 0.374 e. The van der Waals surface area contributed by atoms with E-state index < -0.39 is 11.0 Å². The fourth-order valence-corrected chi connectivity index (χ4v) is 3.00. The number of alkyl halides is 1. The van der Waals surface area contributed by atoms with Gasteiger partial charge >= 0.3 is 0 Å². The summed E-state index contributed by atoms with van der Waals surface area (Å²) in [5.74, 6) is -0.962. The van der Waals surface area contributed by atoms with Gasteiger partial charge in [0.25, 0.3) is 0 Å². The van der Waals surface area contributed by atoms with Crippen molar-refractivity contribution in [1.29, 1.82) is 0 Å². The van der Waals surface area contributed by atoms with Gasteiger partial charge in [-0.15, -0.1) is 0 Å². The quantitative estimate of drug-likeness (QED) is 0.829. The highest BCUT2D eigenvalue weighted by molar-refractivity contribution is 6.31. The van der Waals surface area contributed by atoms with Crippen molar-refractivity contribution in [2.45, 2.75) is 24.8 Å². The van der Waals surface area contributed by atoms with Crippen LogP contribution < -0.4 is 0 Å². The molecule has 1 aliphatic rings. The minimum Gasteiger partial charge on any atom is -0.374 e. The number of halogens is 2. The fourth-order valence-electron chi connectivity index (χ4n) is 2.23. The van der Waals surface area contributed by atoms with Gasteiger partial charge in [-0.1, -0.05) is 29.3 Å². The molecule has 0 bridgehead atoms. The standard InChI is InChI=1S/C12H12Cl2O2/c1-6-3-8(5-9(13)4-6)11-10(7(2)15)12(11,14)16/h3-5,10-11,16H,1-2H3. The molecule has 3 atom stereocenters. The highest BCUT2D eigenvalue weighted by atomic mass is 35.5. The molecular formula is C12H12Cl2O2. The van der Waals surface area contributed by atoms with E-state index in [0.717, 1.165) is 11.1 Å². The van der Waals surface area contributed by atoms with Crippen molar-refractivity contribution in [3.05, 3.63) is 34.3 Å². The van der Waals surface area contributed by atoms with Crippen LogP contribution in [0.1, 0.15) is 24.0 Å². The number of rotatable bonds is 2. The van der Waals surface area contributed by atoms with E-state index in [1.165, 1.54) is 6.92 Å². The molecule has 1 aromatic carbocycles. The molecule has 0 saturated heterocycles. The minimum absolute atomic E-state index is 0.0971. The third kappa shape index (κ3) is 1.86. The van der Waals surface area contributed by atoms with Crippen LogP contribution in [0, 0.1) is 12.8 Å². The van der Waals surface area contributed by atoms with E-state index in [0.29, 0.717) is 5.02 Å². The summed E-state index contributed by atoms with van der Waals surface area (Å²) in [4.78, 5) is 11.3. The van der Waals surface area contributed by atoms with Gasteiger partial charge < -0.3 is 5.11 Å². The Morgan fingerprint density at radius 1 is 1.44 bits per heavy atom. The molecule has 0 radical (unpaired) electrons. The average Bonchev–Trinajstić information content (AvgIpc) is 2.67. The van der Waals surface area contributed by atoms with Crippen LogP contribution in [0.25, 0.3) is 0 Å². The highest BCUT2D eigenvalue weighted by Crippen LogP contribution is 2.60. The topological polar surface area (TPSA) is 37.3 Å². The number of Topliss-reactive ketones (excluding diaryl/α,β-unsaturated/α-hetero) is 1. The van der Waals surface area contributed by atoms with Gasteiger partial charge in [-0.2, -0.15) is 0 Å². The van der Waals surface area contributed by atoms with Crippen LogP contribution in [0.2, 0.25) is 5.02 Å². The first-order chi connectivity index (χ1) is 7.34. The smallest absolute Gasteiger partial charge is 0.156 e. The summed E-state index contributed by atoms with van der Waals surface area (Å²) in [7, 11) is 0. The first-order valence-electron chi connectivity index (χ1n) is 5.03. The van der Waals surface area contributed by atoms with E-state index in [1.54, 1.807) is 6.07 Å². The SMILES string of the molecule is CC(=O)C1C(c2cc(C)cc(Cl)c2)C1(O)Cl. The number of hydrogen-bond acceptors (Lipinski definition) is 2. The summed E-state index contributed by atoms with van der Waals surface area (Å²) in [6.45, 7) is 3.35. The Hall–Kier alpha value is -0.570. The molecule has 1 N–H and O–H groups in total. The summed E-state index contributed by atoms with van der Waals surface area (Å²) >= 11 is 11.8. The number of aryl methyl sites for hydroxylation is 1. The number of hydrogen-bond donors (Lipinski definition) is 1. The van der Waals surface area contributed by atoms with Crippen molar-refractivity contribution in [3.63, 3.8) is 0 Å². The van der Waals surface area contributed by atoms with Crippen molar-refractivity contribution in [2.75, 3.05) is 0 Å². The number of ketones is 1. The lowest BCUT2D eigenvalue weighted by molar-refractivity contribution is -0.119. The van der Waals surface area contributed by atoms with E-state index in [2.05, 4.69) is 0 Å². The lowest BCUT2D eigenvalue weighted by Gasteiger charge is -2.03. The predicted molar refractivity (Wildman–Crippen MR) is 63.9 cm³/mol. The molecule has 1 fully saturated rings. The van der Waals surface area contributed by atoms with E-state index in [4.69, 9.17) is 23.2 Å². The second-order valence-corrected chi connectivity index (χ2v) is 5.40. The first-order valence-corrected chi connectivity index (χ1v) is 5.78. The molecular weight excluding hydrogens is 247 g/mol. The van der Waals surface area contributed by atoms with Crippen molar-refractivity contribution in [1.82, 2.24) is 0 Å². The molecule has 0 amide bonds. The number of carbonyl (C=O) groups is 1. The zero-order valence-corrected chi connectivity index (χ0v) is 10.5. The van der Waals surface area contributed by atoms with Crippen LogP contribution in [0.5, 0.6) is 0 Å². The van der Waals surface area contributed by atoms with Gasteiger partial charge in [0, 0.05) is 10.9 Å². The van der Waals surface area contributed by atoms with Gasteiger partial charge in [-0.25, -0.2) is 0 Å². The molecule has 3 unspecified atom stereocenters. The Morgan fingerprint density at radius 2 is 2.06 bits per heavy atom. The summed E-state index contributed by atoms with van der Waals surface area (Å²) in [5, 5.41) is 9.01. The maximum atomic E-state index is 11.3. The summed E-state index contributed by atoms with van der Waals surface area (Å²) in [5.41, 5.74) is 1.81. The maximum Gasteiger partial charge on any atom is 0.156 e. The van der Waals surface area contributed by atoms with Crippen LogP contribution in [0.3, 0.4) is 0 Å². The van der Waals surface area contributed by atoms with Gasteiger partial charge in [-0.05, 0) is 37.1 Å². The summed E-state index contributed by atoms with van der Waals surface area (Å²) < 4.78 is 0. The van der Waals surface area contributed by atoms with Gasteiger partial charge in [-0.3, -0.25) is 4.79 Å². The molecule has 0 aliphatic heterocycles. The summed E-state index contributed by atoms with van der Waals surface area (Å²) in [6, 6.07) is 5.46. The van der Waals surface area contributed by atoms with E-state index >= 15 is 0 Å². The fraction of sp³-hybridized carbons (Fsp3) is 0.417. The predicted octanol–water partition coefficient (Wildman–Crippen LogP) is 2.88. The second kappa shape index (κ2) is 3.73. The van der Waals surface area contributed by atoms with Gasteiger partial charge in [0.15, 0.2) is 5.06 Å². The molecule has 1 saturated carbocycles. The Kier molecular flexibility index (Phi) is 2.77. The van der Waals surface area contributed by atoms with Gasteiger partial charge in [0.05, 0.1) is 5.92 Å². The number of benzene rings is 1. The Balaban J connectivity index is 2.37. The molecule has 2 nitrogen and oxygen atoms in total. The molecule has 16 heavy (non-hydrogen) atoms. The van der Waals surface area contributed by atoms with Gasteiger partial charge in [0.2, 0.25) is 0 Å². The normalized spacial score (nSPS) is 32.6. The molecule has 0 heterocycles. The lowest BCUT2D eigenvalue weighted by atomic mass is 10.1. The number of aliphatic hydroxyl groups is 1. The van der Waals surface area contributed by atoms with E-state index in [9.17, 15) is 9.90 Å². The zero-order chi connectivity index (χ0) is 12.1. The van der Waals surface area contributed by atoms with Crippen molar-refractivity contribution >= 4 is 29.0 Å². The zero-order valence-electron chi connectivity index (χ0n) is 9.00. The molecule has 2 rings (SSSR count). The van der Waals surface area contributed by atoms with Crippen LogP contribution in [0.4, 0.5) is 0 Å². The van der Waals surface area contributed by atoms with Crippen molar-refractivity contribution in [3.8, 4) is 0 Å². The van der Waals surface area contributed by atoms with Crippen LogP contribution in [-0.2, 0) is 4.79 Å². The van der Waals surface area contributed by atoms with Crippen molar-refractivity contribution in [2.24, 2.45) is 5.92 Å². The third-order valence-corrected chi connectivity index (χ3v) is 3.65. The average molecular weight is 259 g/mol. The Morgan fingerprint density at radius 3 is 2.50 bits per heavy atom. The van der Waals surface area contributed by atoms with Crippen LogP contribution in [-0.4, -0.2) is 16.0 Å². The van der Waals surface area contributed by atoms with E-state index in [-0.39, 0.29) is 11.7 Å². The molecule has 0 spiro atoms. The van der Waals surface area contributed by atoms with Crippen LogP contribution >= 0.6 is 23.2 Å². The summed E-state index contributed by atoms with van der Waals surface area (Å²) in [6.07, 6.45) is 0. The maximum absolute atomic E-state index is 11.3.